The number of hydrogen-bond acceptors (Lipinski definition) is 4. The lowest BCUT2D eigenvalue weighted by Crippen LogP contribution is -2.36. The molecular formula is C20H20ClFN2O4. The minimum atomic E-state index is -0.738. The van der Waals surface area contributed by atoms with Crippen LogP contribution in [0.15, 0.2) is 48.5 Å². The molecule has 2 amide bonds. The monoisotopic (exact) mass is 406 g/mol. The number of esters is 1. The van der Waals surface area contributed by atoms with Crippen LogP contribution in [0, 0.1) is 5.82 Å². The molecule has 0 aliphatic carbocycles. The molecule has 0 aliphatic heterocycles. The van der Waals surface area contributed by atoms with Crippen LogP contribution in [-0.2, 0) is 20.9 Å². The molecule has 1 N–H and O–H groups in total. The molecule has 0 saturated heterocycles. The summed E-state index contributed by atoms with van der Waals surface area (Å²) in [6.07, 6.45) is 0. The molecule has 0 fully saturated rings. The summed E-state index contributed by atoms with van der Waals surface area (Å²) < 4.78 is 18.2. The first-order chi connectivity index (χ1) is 13.4. The lowest BCUT2D eigenvalue weighted by Gasteiger charge is -2.21. The molecule has 28 heavy (non-hydrogen) atoms. The molecule has 148 valence electrons. The van der Waals surface area contributed by atoms with Crippen LogP contribution in [0.1, 0.15) is 22.8 Å². The number of benzene rings is 2. The molecule has 0 aromatic heterocycles. The standard InChI is InChI=1S/C20H20ClFN2O4/c1-2-24(12-14-4-3-5-17(22)10-14)18(25)13-28-19(26)11-23-20(27)15-6-8-16(21)9-7-15/h3-10H,2,11-13H2,1H3,(H,23,27). The Morgan fingerprint density at radius 3 is 2.50 bits per heavy atom. The van der Waals surface area contributed by atoms with Crippen molar-refractivity contribution in [2.75, 3.05) is 19.7 Å². The number of carbonyl (C=O) groups excluding carboxylic acids is 3. The number of ether oxygens (including phenoxy) is 1. The fraction of sp³-hybridized carbons (Fsp3) is 0.250. The molecule has 2 aromatic rings. The molecular weight excluding hydrogens is 387 g/mol. The van der Waals surface area contributed by atoms with E-state index in [4.69, 9.17) is 16.3 Å². The molecule has 2 aromatic carbocycles. The Balaban J connectivity index is 1.78. The van der Waals surface area contributed by atoms with Crippen molar-refractivity contribution in [2.24, 2.45) is 0 Å². The van der Waals surface area contributed by atoms with E-state index in [0.29, 0.717) is 22.7 Å². The molecule has 6 nitrogen and oxygen atoms in total. The van der Waals surface area contributed by atoms with E-state index in [1.165, 1.54) is 29.2 Å². The van der Waals surface area contributed by atoms with Gasteiger partial charge in [0.15, 0.2) is 6.61 Å². The van der Waals surface area contributed by atoms with Crippen LogP contribution in [0.3, 0.4) is 0 Å². The summed E-state index contributed by atoms with van der Waals surface area (Å²) >= 11 is 5.75. The van der Waals surface area contributed by atoms with Crippen molar-refractivity contribution >= 4 is 29.4 Å². The van der Waals surface area contributed by atoms with Gasteiger partial charge < -0.3 is 15.0 Å². The fourth-order valence-corrected chi connectivity index (χ4v) is 2.50. The number of amides is 2. The topological polar surface area (TPSA) is 75.7 Å². The predicted octanol–water partition coefficient (Wildman–Crippen LogP) is 2.80. The van der Waals surface area contributed by atoms with Crippen molar-refractivity contribution in [2.45, 2.75) is 13.5 Å². The maximum absolute atomic E-state index is 13.3. The number of hydrogen-bond donors (Lipinski definition) is 1. The molecule has 0 heterocycles. The summed E-state index contributed by atoms with van der Waals surface area (Å²) in [5, 5.41) is 2.90. The van der Waals surface area contributed by atoms with Gasteiger partial charge in [0.1, 0.15) is 12.4 Å². The quantitative estimate of drug-likeness (QED) is 0.684. The first-order valence-corrected chi connectivity index (χ1v) is 8.98. The van der Waals surface area contributed by atoms with E-state index in [1.54, 1.807) is 31.2 Å². The van der Waals surface area contributed by atoms with Gasteiger partial charge in [-0.3, -0.25) is 14.4 Å². The highest BCUT2D eigenvalue weighted by Crippen LogP contribution is 2.09. The van der Waals surface area contributed by atoms with E-state index in [-0.39, 0.29) is 18.9 Å². The van der Waals surface area contributed by atoms with Crippen LogP contribution in [0.5, 0.6) is 0 Å². The van der Waals surface area contributed by atoms with Gasteiger partial charge in [0.05, 0.1) is 0 Å². The van der Waals surface area contributed by atoms with E-state index in [1.807, 2.05) is 0 Å². The average Bonchev–Trinajstić information content (AvgIpc) is 2.69. The highest BCUT2D eigenvalue weighted by atomic mass is 35.5. The highest BCUT2D eigenvalue weighted by molar-refractivity contribution is 6.30. The second kappa shape index (κ2) is 10.4. The van der Waals surface area contributed by atoms with E-state index >= 15 is 0 Å². The van der Waals surface area contributed by atoms with Gasteiger partial charge >= 0.3 is 5.97 Å². The van der Waals surface area contributed by atoms with Gasteiger partial charge in [-0.15, -0.1) is 0 Å². The SMILES string of the molecule is CCN(Cc1cccc(F)c1)C(=O)COC(=O)CNC(=O)c1ccc(Cl)cc1. The Labute approximate surface area is 167 Å². The first-order valence-electron chi connectivity index (χ1n) is 8.60. The smallest absolute Gasteiger partial charge is 0.325 e. The summed E-state index contributed by atoms with van der Waals surface area (Å²) in [5.74, 6) is -1.99. The molecule has 0 unspecified atom stereocenters. The van der Waals surface area contributed by atoms with E-state index in [2.05, 4.69) is 5.32 Å². The Morgan fingerprint density at radius 1 is 1.14 bits per heavy atom. The number of carbonyl (C=O) groups is 3. The lowest BCUT2D eigenvalue weighted by molar-refractivity contribution is -0.151. The van der Waals surface area contributed by atoms with Crippen LogP contribution < -0.4 is 5.32 Å². The van der Waals surface area contributed by atoms with E-state index in [0.717, 1.165) is 0 Å². The zero-order chi connectivity index (χ0) is 20.5. The Kier molecular flexibility index (Phi) is 7.95. The van der Waals surface area contributed by atoms with Gasteiger partial charge in [0, 0.05) is 23.7 Å². The number of nitrogens with one attached hydrogen (secondary N) is 1. The van der Waals surface area contributed by atoms with Crippen LogP contribution in [0.2, 0.25) is 5.02 Å². The van der Waals surface area contributed by atoms with E-state index < -0.39 is 24.4 Å². The van der Waals surface area contributed by atoms with Crippen LogP contribution in [0.4, 0.5) is 4.39 Å². The second-order valence-corrected chi connectivity index (χ2v) is 6.32. The Hall–Kier alpha value is -2.93. The predicted molar refractivity (Wildman–Crippen MR) is 102 cm³/mol. The Morgan fingerprint density at radius 2 is 1.86 bits per heavy atom. The molecule has 0 radical (unpaired) electrons. The van der Waals surface area contributed by atoms with Gasteiger partial charge in [-0.25, -0.2) is 4.39 Å². The van der Waals surface area contributed by atoms with E-state index in [9.17, 15) is 18.8 Å². The Bertz CT molecular complexity index is 842. The third kappa shape index (κ3) is 6.66. The molecule has 0 atom stereocenters. The van der Waals surface area contributed by atoms with Crippen molar-refractivity contribution in [1.29, 1.82) is 0 Å². The number of likely N-dealkylation sites (N-methyl/N-ethyl adjacent to an activating group) is 1. The molecule has 0 aliphatic rings. The van der Waals surface area contributed by atoms with Crippen LogP contribution in [0.25, 0.3) is 0 Å². The van der Waals surface area contributed by atoms with Crippen LogP contribution in [-0.4, -0.2) is 42.4 Å². The number of rotatable bonds is 8. The maximum Gasteiger partial charge on any atom is 0.325 e. The molecule has 0 bridgehead atoms. The van der Waals surface area contributed by atoms with Crippen LogP contribution >= 0.6 is 11.6 Å². The third-order valence-electron chi connectivity index (χ3n) is 3.85. The van der Waals surface area contributed by atoms with Gasteiger partial charge in [0.2, 0.25) is 0 Å². The largest absolute Gasteiger partial charge is 0.454 e. The minimum absolute atomic E-state index is 0.206. The number of nitrogens with zero attached hydrogens (tertiary/aromatic N) is 1. The number of halogens is 2. The van der Waals surface area contributed by atoms with Gasteiger partial charge in [-0.2, -0.15) is 0 Å². The maximum atomic E-state index is 13.3. The first kappa shape index (κ1) is 21.4. The summed E-state index contributed by atoms with van der Waals surface area (Å²) in [6, 6.07) is 12.1. The van der Waals surface area contributed by atoms with Crippen molar-refractivity contribution in [1.82, 2.24) is 10.2 Å². The molecule has 0 spiro atoms. The van der Waals surface area contributed by atoms with Crippen molar-refractivity contribution in [3.63, 3.8) is 0 Å². The molecule has 8 heteroatoms. The average molecular weight is 407 g/mol. The fourth-order valence-electron chi connectivity index (χ4n) is 2.37. The lowest BCUT2D eigenvalue weighted by atomic mass is 10.2. The van der Waals surface area contributed by atoms with Gasteiger partial charge in [-0.05, 0) is 48.9 Å². The second-order valence-electron chi connectivity index (χ2n) is 5.89. The summed E-state index contributed by atoms with van der Waals surface area (Å²) in [6.45, 7) is 1.52. The minimum Gasteiger partial charge on any atom is -0.454 e. The summed E-state index contributed by atoms with van der Waals surface area (Å²) in [7, 11) is 0. The molecule has 0 saturated carbocycles. The summed E-state index contributed by atoms with van der Waals surface area (Å²) in [4.78, 5) is 37.3. The van der Waals surface area contributed by atoms with Gasteiger partial charge in [0.25, 0.3) is 11.8 Å². The van der Waals surface area contributed by atoms with Gasteiger partial charge in [-0.1, -0.05) is 23.7 Å². The van der Waals surface area contributed by atoms with Crippen molar-refractivity contribution in [3.05, 3.63) is 70.5 Å². The molecule has 2 rings (SSSR count). The zero-order valence-electron chi connectivity index (χ0n) is 15.3. The summed E-state index contributed by atoms with van der Waals surface area (Å²) in [5.41, 5.74) is 0.984. The van der Waals surface area contributed by atoms with Crippen molar-refractivity contribution in [3.8, 4) is 0 Å². The third-order valence-corrected chi connectivity index (χ3v) is 4.11. The zero-order valence-corrected chi connectivity index (χ0v) is 16.0. The normalized spacial score (nSPS) is 10.2. The highest BCUT2D eigenvalue weighted by Gasteiger charge is 2.16. The van der Waals surface area contributed by atoms with Crippen molar-refractivity contribution < 1.29 is 23.5 Å².